The summed E-state index contributed by atoms with van der Waals surface area (Å²) in [7, 11) is 0. The number of hydrogen-bond acceptors (Lipinski definition) is 4. The molecule has 0 amide bonds. The van der Waals surface area contributed by atoms with Crippen molar-refractivity contribution in [2.24, 2.45) is 5.92 Å². The van der Waals surface area contributed by atoms with Crippen LogP contribution in [-0.4, -0.2) is 46.8 Å². The molecule has 30 heavy (non-hydrogen) atoms. The molecule has 156 valence electrons. The fourth-order valence-electron chi connectivity index (χ4n) is 3.92. The number of ketones is 1. The number of halogens is 1. The maximum Gasteiger partial charge on any atom is 0.166 e. The Balaban J connectivity index is 1.16. The zero-order valence-corrected chi connectivity index (χ0v) is 17.7. The first-order valence-corrected chi connectivity index (χ1v) is 10.9. The Morgan fingerprint density at radius 1 is 1.10 bits per heavy atom. The van der Waals surface area contributed by atoms with Crippen molar-refractivity contribution in [1.82, 2.24) is 20.2 Å². The molecule has 0 atom stereocenters. The highest BCUT2D eigenvalue weighted by molar-refractivity contribution is 6.30. The molecular weight excluding hydrogens is 396 g/mol. The van der Waals surface area contributed by atoms with E-state index in [1.165, 1.54) is 0 Å². The number of Topliss-reactive ketones (excluding diaryl/α,β-unsaturated/α-hetero) is 1. The average molecular weight is 423 g/mol. The lowest BCUT2D eigenvalue weighted by Gasteiger charge is -2.31. The largest absolute Gasteiger partial charge is 0.344 e. The number of aromatic nitrogens is 2. The van der Waals surface area contributed by atoms with Gasteiger partial charge in [0.1, 0.15) is 5.82 Å². The van der Waals surface area contributed by atoms with Crippen LogP contribution < -0.4 is 5.32 Å². The van der Waals surface area contributed by atoms with Crippen LogP contribution in [0.25, 0.3) is 11.4 Å². The number of imidazole rings is 1. The zero-order valence-electron chi connectivity index (χ0n) is 17.0. The Morgan fingerprint density at radius 3 is 2.57 bits per heavy atom. The van der Waals surface area contributed by atoms with E-state index >= 15 is 0 Å². The third-order valence-electron chi connectivity index (χ3n) is 5.68. The number of nitrogens with one attached hydrogen (secondary N) is 2. The van der Waals surface area contributed by atoms with Crippen LogP contribution in [0.4, 0.5) is 0 Å². The average Bonchev–Trinajstić information content (AvgIpc) is 3.27. The molecule has 0 bridgehead atoms. The summed E-state index contributed by atoms with van der Waals surface area (Å²) in [6.07, 6.45) is 3.80. The summed E-state index contributed by atoms with van der Waals surface area (Å²) < 4.78 is 0. The molecule has 0 spiro atoms. The van der Waals surface area contributed by atoms with Crippen LogP contribution in [0, 0.1) is 5.92 Å². The van der Waals surface area contributed by atoms with E-state index in [1.807, 2.05) is 36.5 Å². The highest BCUT2D eigenvalue weighted by atomic mass is 35.5. The number of rotatable bonds is 8. The van der Waals surface area contributed by atoms with Crippen LogP contribution in [0.1, 0.15) is 28.9 Å². The minimum Gasteiger partial charge on any atom is -0.344 e. The summed E-state index contributed by atoms with van der Waals surface area (Å²) in [5.74, 6) is 1.27. The highest BCUT2D eigenvalue weighted by Crippen LogP contribution is 2.22. The van der Waals surface area contributed by atoms with Crippen LogP contribution in [0.15, 0.2) is 60.8 Å². The fourth-order valence-corrected chi connectivity index (χ4v) is 4.04. The van der Waals surface area contributed by atoms with Gasteiger partial charge in [-0.15, -0.1) is 0 Å². The third-order valence-corrected chi connectivity index (χ3v) is 5.93. The number of likely N-dealkylation sites (tertiary alicyclic amines) is 1. The maximum absolute atomic E-state index is 12.7. The molecule has 6 heteroatoms. The number of carbonyl (C=O) groups is 1. The van der Waals surface area contributed by atoms with Gasteiger partial charge in [0.2, 0.25) is 0 Å². The van der Waals surface area contributed by atoms with Crippen molar-refractivity contribution in [2.45, 2.75) is 19.4 Å². The van der Waals surface area contributed by atoms with Crippen molar-refractivity contribution in [1.29, 1.82) is 0 Å². The van der Waals surface area contributed by atoms with E-state index in [4.69, 9.17) is 11.6 Å². The molecule has 1 fully saturated rings. The van der Waals surface area contributed by atoms with Gasteiger partial charge in [-0.1, -0.05) is 41.9 Å². The molecule has 1 aliphatic heterocycles. The first-order chi connectivity index (χ1) is 14.7. The van der Waals surface area contributed by atoms with Crippen LogP contribution in [0.3, 0.4) is 0 Å². The molecule has 5 nitrogen and oxygen atoms in total. The topological polar surface area (TPSA) is 61.0 Å². The number of hydrogen-bond donors (Lipinski definition) is 2. The lowest BCUT2D eigenvalue weighted by Crippen LogP contribution is -2.39. The summed E-state index contributed by atoms with van der Waals surface area (Å²) in [4.78, 5) is 23.0. The first kappa shape index (κ1) is 20.8. The van der Waals surface area contributed by atoms with E-state index < -0.39 is 0 Å². The molecule has 0 aliphatic carbocycles. The van der Waals surface area contributed by atoms with Crippen molar-refractivity contribution in [2.75, 3.05) is 26.2 Å². The molecule has 2 aromatic carbocycles. The lowest BCUT2D eigenvalue weighted by atomic mass is 9.89. The van der Waals surface area contributed by atoms with E-state index in [2.05, 4.69) is 32.3 Å². The molecule has 0 unspecified atom stereocenters. The monoisotopic (exact) mass is 422 g/mol. The number of aromatic amines is 1. The Hall–Kier alpha value is -2.47. The van der Waals surface area contributed by atoms with Gasteiger partial charge in [0.25, 0.3) is 0 Å². The van der Waals surface area contributed by atoms with Gasteiger partial charge in [-0.3, -0.25) is 4.79 Å². The summed E-state index contributed by atoms with van der Waals surface area (Å²) >= 11 is 5.92. The summed E-state index contributed by atoms with van der Waals surface area (Å²) in [5.41, 5.74) is 2.88. The molecule has 1 aromatic heterocycles. The predicted molar refractivity (Wildman–Crippen MR) is 121 cm³/mol. The second-order valence-electron chi connectivity index (χ2n) is 7.77. The summed E-state index contributed by atoms with van der Waals surface area (Å²) in [6.45, 7) is 4.56. The predicted octanol–water partition coefficient (Wildman–Crippen LogP) is 4.41. The third kappa shape index (κ3) is 5.36. The van der Waals surface area contributed by atoms with Gasteiger partial charge in [0, 0.05) is 47.9 Å². The Morgan fingerprint density at radius 2 is 1.83 bits per heavy atom. The Labute approximate surface area is 182 Å². The van der Waals surface area contributed by atoms with E-state index in [9.17, 15) is 4.79 Å². The van der Waals surface area contributed by atoms with Gasteiger partial charge < -0.3 is 15.2 Å². The smallest absolute Gasteiger partial charge is 0.166 e. The molecule has 1 aliphatic rings. The molecule has 2 N–H and O–H groups in total. The van der Waals surface area contributed by atoms with Crippen LogP contribution in [-0.2, 0) is 6.54 Å². The van der Waals surface area contributed by atoms with Gasteiger partial charge in [-0.05, 0) is 50.2 Å². The number of carbonyl (C=O) groups excluding carboxylic acids is 1. The van der Waals surface area contributed by atoms with E-state index in [-0.39, 0.29) is 11.7 Å². The van der Waals surface area contributed by atoms with E-state index in [0.29, 0.717) is 5.02 Å². The Bertz CT molecular complexity index is 947. The van der Waals surface area contributed by atoms with Crippen LogP contribution in [0.2, 0.25) is 5.02 Å². The van der Waals surface area contributed by atoms with Crippen molar-refractivity contribution >= 4 is 17.4 Å². The minimum atomic E-state index is 0.121. The van der Waals surface area contributed by atoms with Crippen molar-refractivity contribution in [3.05, 3.63) is 77.1 Å². The second-order valence-corrected chi connectivity index (χ2v) is 8.21. The van der Waals surface area contributed by atoms with E-state index in [0.717, 1.165) is 68.2 Å². The molecule has 0 saturated carbocycles. The van der Waals surface area contributed by atoms with Crippen molar-refractivity contribution < 1.29 is 4.79 Å². The van der Waals surface area contributed by atoms with Crippen molar-refractivity contribution in [3.8, 4) is 11.4 Å². The minimum absolute atomic E-state index is 0.121. The quantitative estimate of drug-likeness (QED) is 0.417. The molecule has 0 radical (unpaired) electrons. The van der Waals surface area contributed by atoms with Gasteiger partial charge >= 0.3 is 0 Å². The zero-order chi connectivity index (χ0) is 20.8. The standard InChI is InChI=1S/C24H27ClN4O/c25-21-8-6-18(7-9-21)23(30)19-10-13-29(14-11-19)15-12-26-16-22-17-27-24(28-22)20-4-2-1-3-5-20/h1-9,17,19,26H,10-16H2,(H,27,28). The maximum atomic E-state index is 12.7. The van der Waals surface area contributed by atoms with Gasteiger partial charge in [0.05, 0.1) is 5.69 Å². The molecule has 2 heterocycles. The van der Waals surface area contributed by atoms with E-state index in [1.54, 1.807) is 12.1 Å². The molecular formula is C24H27ClN4O. The SMILES string of the molecule is O=C(c1ccc(Cl)cc1)C1CCN(CCNCc2c[nH]c(-c3ccccc3)n2)CC1. The number of H-pyrrole nitrogens is 1. The van der Waals surface area contributed by atoms with Gasteiger partial charge in [0.15, 0.2) is 5.78 Å². The normalized spacial score (nSPS) is 15.4. The number of benzene rings is 2. The van der Waals surface area contributed by atoms with Crippen molar-refractivity contribution in [3.63, 3.8) is 0 Å². The Kier molecular flexibility index (Phi) is 6.95. The van der Waals surface area contributed by atoms with Gasteiger partial charge in [-0.25, -0.2) is 4.98 Å². The number of piperidine rings is 1. The fraction of sp³-hybridized carbons (Fsp3) is 0.333. The molecule has 4 rings (SSSR count). The van der Waals surface area contributed by atoms with Gasteiger partial charge in [-0.2, -0.15) is 0 Å². The van der Waals surface area contributed by atoms with Crippen LogP contribution >= 0.6 is 11.6 Å². The summed E-state index contributed by atoms with van der Waals surface area (Å²) in [6, 6.07) is 17.4. The highest BCUT2D eigenvalue weighted by Gasteiger charge is 2.25. The van der Waals surface area contributed by atoms with Crippen LogP contribution in [0.5, 0.6) is 0 Å². The lowest BCUT2D eigenvalue weighted by molar-refractivity contribution is 0.0841. The first-order valence-electron chi connectivity index (χ1n) is 10.5. The number of nitrogens with zero attached hydrogens (tertiary/aromatic N) is 2. The second kappa shape index (κ2) is 10.0. The molecule has 1 saturated heterocycles. The summed E-state index contributed by atoms with van der Waals surface area (Å²) in [5, 5.41) is 4.14. The molecule has 3 aromatic rings.